The number of amides is 2. The van der Waals surface area contributed by atoms with E-state index in [4.69, 9.17) is 0 Å². The molecule has 0 saturated carbocycles. The van der Waals surface area contributed by atoms with Crippen LogP contribution in [0.2, 0.25) is 0 Å². The second kappa shape index (κ2) is 7.68. The molecule has 1 saturated heterocycles. The quantitative estimate of drug-likeness (QED) is 0.875. The van der Waals surface area contributed by atoms with Crippen molar-refractivity contribution in [2.24, 2.45) is 5.92 Å². The monoisotopic (exact) mass is 320 g/mol. The molecule has 1 aliphatic heterocycles. The Morgan fingerprint density at radius 2 is 2.00 bits per heavy atom. The summed E-state index contributed by atoms with van der Waals surface area (Å²) >= 11 is 1.28. The molecule has 0 radical (unpaired) electrons. The zero-order valence-corrected chi connectivity index (χ0v) is 14.3. The Bertz CT molecular complexity index is 528. The van der Waals surface area contributed by atoms with Crippen molar-refractivity contribution in [1.82, 2.24) is 10.2 Å². The minimum absolute atomic E-state index is 0.00328. The number of hydrogen-bond donors (Lipinski definition) is 1. The zero-order chi connectivity index (χ0) is 16.1. The van der Waals surface area contributed by atoms with Gasteiger partial charge in [-0.2, -0.15) is 0 Å². The summed E-state index contributed by atoms with van der Waals surface area (Å²) in [4.78, 5) is 25.4. The maximum Gasteiger partial charge on any atom is 0.282 e. The fraction of sp³-hybridized carbons (Fsp3) is 0.529. The fourth-order valence-electron chi connectivity index (χ4n) is 2.56. The summed E-state index contributed by atoms with van der Waals surface area (Å²) in [5.41, 5.74) is 2.40. The van der Waals surface area contributed by atoms with Gasteiger partial charge in [0.25, 0.3) is 5.24 Å². The van der Waals surface area contributed by atoms with Crippen LogP contribution in [0.15, 0.2) is 24.3 Å². The van der Waals surface area contributed by atoms with E-state index in [1.54, 1.807) is 4.90 Å². The summed E-state index contributed by atoms with van der Waals surface area (Å²) in [7, 11) is 0. The van der Waals surface area contributed by atoms with Gasteiger partial charge in [0.15, 0.2) is 0 Å². The molecule has 2 amide bonds. The second-order valence-electron chi connectivity index (χ2n) is 5.92. The van der Waals surface area contributed by atoms with Crippen LogP contribution in [0.5, 0.6) is 0 Å². The zero-order valence-electron chi connectivity index (χ0n) is 13.5. The van der Waals surface area contributed by atoms with Crippen molar-refractivity contribution in [3.63, 3.8) is 0 Å². The van der Waals surface area contributed by atoms with Crippen LogP contribution in [-0.4, -0.2) is 34.9 Å². The molecule has 22 heavy (non-hydrogen) atoms. The molecule has 0 aromatic heterocycles. The lowest BCUT2D eigenvalue weighted by Gasteiger charge is -2.24. The van der Waals surface area contributed by atoms with Crippen molar-refractivity contribution in [2.45, 2.75) is 33.2 Å². The molecule has 0 spiro atoms. The molecule has 0 aliphatic carbocycles. The fourth-order valence-corrected chi connectivity index (χ4v) is 3.38. The van der Waals surface area contributed by atoms with Gasteiger partial charge in [-0.05, 0) is 23.5 Å². The minimum Gasteiger partial charge on any atom is -0.347 e. The summed E-state index contributed by atoms with van der Waals surface area (Å²) in [5.74, 6) is 0.979. The number of hydrogen-bond acceptors (Lipinski definition) is 3. The van der Waals surface area contributed by atoms with Gasteiger partial charge in [-0.25, -0.2) is 0 Å². The normalized spacial score (nSPS) is 16.2. The number of carbonyl (C=O) groups excluding carboxylic acids is 2. The summed E-state index contributed by atoms with van der Waals surface area (Å²) in [6.07, 6.45) is 1.01. The van der Waals surface area contributed by atoms with E-state index in [0.29, 0.717) is 12.5 Å². The largest absolute Gasteiger partial charge is 0.347 e. The highest BCUT2D eigenvalue weighted by molar-refractivity contribution is 8.13. The Hall–Kier alpha value is -1.49. The van der Waals surface area contributed by atoms with Crippen LogP contribution in [-0.2, 0) is 11.2 Å². The summed E-state index contributed by atoms with van der Waals surface area (Å²) < 4.78 is 0. The Morgan fingerprint density at radius 3 is 2.50 bits per heavy atom. The van der Waals surface area contributed by atoms with Crippen LogP contribution < -0.4 is 5.32 Å². The van der Waals surface area contributed by atoms with Crippen molar-refractivity contribution in [3.05, 3.63) is 35.4 Å². The average molecular weight is 320 g/mol. The summed E-state index contributed by atoms with van der Waals surface area (Å²) in [5, 5.41) is 3.08. The molecule has 1 heterocycles. The third-order valence-electron chi connectivity index (χ3n) is 3.91. The second-order valence-corrected chi connectivity index (χ2v) is 6.97. The first-order chi connectivity index (χ1) is 10.5. The Morgan fingerprint density at radius 1 is 1.32 bits per heavy atom. The minimum atomic E-state index is -0.0888. The lowest BCUT2D eigenvalue weighted by molar-refractivity contribution is -0.122. The van der Waals surface area contributed by atoms with E-state index in [0.717, 1.165) is 17.7 Å². The van der Waals surface area contributed by atoms with Gasteiger partial charge in [-0.1, -0.05) is 56.8 Å². The van der Waals surface area contributed by atoms with Crippen LogP contribution in [0.3, 0.4) is 0 Å². The molecule has 1 aromatic rings. The van der Waals surface area contributed by atoms with Crippen molar-refractivity contribution < 1.29 is 9.59 Å². The molecule has 1 atom stereocenters. The number of benzene rings is 1. The number of nitrogens with zero attached hydrogens (tertiary/aromatic N) is 1. The molecule has 1 aliphatic rings. The third-order valence-corrected chi connectivity index (χ3v) is 4.80. The molecule has 5 heteroatoms. The van der Waals surface area contributed by atoms with E-state index in [-0.39, 0.29) is 23.7 Å². The van der Waals surface area contributed by atoms with E-state index in [9.17, 15) is 9.59 Å². The van der Waals surface area contributed by atoms with Crippen LogP contribution in [0.4, 0.5) is 4.79 Å². The Balaban J connectivity index is 2.01. The van der Waals surface area contributed by atoms with Gasteiger partial charge in [-0.15, -0.1) is 0 Å². The number of rotatable bonds is 6. The van der Waals surface area contributed by atoms with E-state index < -0.39 is 0 Å². The summed E-state index contributed by atoms with van der Waals surface area (Å²) in [6.45, 7) is 7.13. The van der Waals surface area contributed by atoms with Crippen LogP contribution in [0, 0.1) is 5.92 Å². The van der Waals surface area contributed by atoms with Gasteiger partial charge in [0.05, 0.1) is 6.04 Å². The van der Waals surface area contributed by atoms with Crippen LogP contribution in [0.1, 0.15) is 37.9 Å². The molecule has 0 bridgehead atoms. The van der Waals surface area contributed by atoms with Crippen molar-refractivity contribution in [3.8, 4) is 0 Å². The van der Waals surface area contributed by atoms with E-state index in [1.165, 1.54) is 17.3 Å². The molecule has 1 aromatic carbocycles. The van der Waals surface area contributed by atoms with Gasteiger partial charge in [-0.3, -0.25) is 9.59 Å². The van der Waals surface area contributed by atoms with Gasteiger partial charge in [0.1, 0.15) is 6.54 Å². The van der Waals surface area contributed by atoms with Crippen LogP contribution >= 0.6 is 11.8 Å². The molecule has 4 nitrogen and oxygen atoms in total. The third kappa shape index (κ3) is 4.26. The first kappa shape index (κ1) is 16.9. The molecule has 1 N–H and O–H groups in total. The van der Waals surface area contributed by atoms with Gasteiger partial charge in [0.2, 0.25) is 5.91 Å². The van der Waals surface area contributed by atoms with Gasteiger partial charge >= 0.3 is 0 Å². The lowest BCUT2D eigenvalue weighted by Crippen LogP contribution is -2.40. The van der Waals surface area contributed by atoms with E-state index >= 15 is 0 Å². The van der Waals surface area contributed by atoms with Crippen molar-refractivity contribution in [2.75, 3.05) is 18.8 Å². The topological polar surface area (TPSA) is 49.4 Å². The predicted molar refractivity (Wildman–Crippen MR) is 91.0 cm³/mol. The Kier molecular flexibility index (Phi) is 5.89. The lowest BCUT2D eigenvalue weighted by atomic mass is 9.95. The Labute approximate surface area is 136 Å². The van der Waals surface area contributed by atoms with Crippen molar-refractivity contribution >= 4 is 22.9 Å². The smallest absolute Gasteiger partial charge is 0.282 e. The highest BCUT2D eigenvalue weighted by Crippen LogP contribution is 2.23. The maximum atomic E-state index is 12.2. The highest BCUT2D eigenvalue weighted by atomic mass is 32.2. The number of thioether (sulfide) groups is 1. The number of aryl methyl sites for hydroxylation is 1. The SMILES string of the molecule is CCc1ccc(C(NC(=O)CN2CCSC2=O)C(C)C)cc1. The maximum absolute atomic E-state index is 12.2. The summed E-state index contributed by atoms with van der Waals surface area (Å²) in [6, 6.07) is 8.36. The number of nitrogens with one attached hydrogen (secondary N) is 1. The van der Waals surface area contributed by atoms with Crippen molar-refractivity contribution in [1.29, 1.82) is 0 Å². The van der Waals surface area contributed by atoms with Gasteiger partial charge in [0, 0.05) is 12.3 Å². The molecule has 1 unspecified atom stereocenters. The average Bonchev–Trinajstić information content (AvgIpc) is 2.90. The molecule has 2 rings (SSSR count). The first-order valence-electron chi connectivity index (χ1n) is 7.81. The van der Waals surface area contributed by atoms with E-state index in [2.05, 4.69) is 50.4 Å². The highest BCUT2D eigenvalue weighted by Gasteiger charge is 2.25. The van der Waals surface area contributed by atoms with Gasteiger partial charge < -0.3 is 10.2 Å². The number of carbonyl (C=O) groups is 2. The molecule has 1 fully saturated rings. The van der Waals surface area contributed by atoms with Crippen LogP contribution in [0.25, 0.3) is 0 Å². The predicted octanol–water partition coefficient (Wildman–Crippen LogP) is 3.23. The molecule has 120 valence electrons. The van der Waals surface area contributed by atoms with E-state index in [1.807, 2.05) is 0 Å². The molecular weight excluding hydrogens is 296 g/mol. The standard InChI is InChI=1S/C17H24N2O2S/c1-4-13-5-7-14(8-6-13)16(12(2)3)18-15(20)11-19-9-10-22-17(19)21/h5-8,12,16H,4,9-11H2,1-3H3,(H,18,20). The molecular formula is C17H24N2O2S. The first-order valence-corrected chi connectivity index (χ1v) is 8.79.